The molecule has 19 heavy (non-hydrogen) atoms. The lowest BCUT2D eigenvalue weighted by Gasteiger charge is -2.07. The Hall–Kier alpha value is -1.14. The van der Waals surface area contributed by atoms with Gasteiger partial charge in [0.2, 0.25) is 5.95 Å². The SMILES string of the molecule is CCCNc1nc(C)cc(Sc2ncccc2Br)n1. The van der Waals surface area contributed by atoms with Crippen molar-refractivity contribution in [2.75, 3.05) is 11.9 Å². The molecule has 6 heteroatoms. The molecule has 0 unspecified atom stereocenters. The van der Waals surface area contributed by atoms with Crippen LogP contribution in [0.25, 0.3) is 0 Å². The van der Waals surface area contributed by atoms with Gasteiger partial charge in [-0.05, 0) is 59.2 Å². The van der Waals surface area contributed by atoms with E-state index in [1.807, 2.05) is 25.1 Å². The summed E-state index contributed by atoms with van der Waals surface area (Å²) in [6.45, 7) is 4.96. The second-order valence-corrected chi connectivity index (χ2v) is 5.85. The molecular weight excluding hydrogens is 324 g/mol. The van der Waals surface area contributed by atoms with Crippen molar-refractivity contribution >= 4 is 33.6 Å². The first-order chi connectivity index (χ1) is 9.19. The third kappa shape index (κ3) is 4.18. The molecule has 0 fully saturated rings. The van der Waals surface area contributed by atoms with E-state index in [1.165, 1.54) is 11.8 Å². The van der Waals surface area contributed by atoms with Gasteiger partial charge in [-0.2, -0.15) is 0 Å². The molecule has 0 atom stereocenters. The summed E-state index contributed by atoms with van der Waals surface area (Å²) < 4.78 is 0.972. The lowest BCUT2D eigenvalue weighted by atomic mass is 10.4. The van der Waals surface area contributed by atoms with Crippen molar-refractivity contribution in [3.8, 4) is 0 Å². The number of hydrogen-bond donors (Lipinski definition) is 1. The van der Waals surface area contributed by atoms with E-state index in [4.69, 9.17) is 0 Å². The molecule has 2 heterocycles. The molecule has 0 aromatic carbocycles. The van der Waals surface area contributed by atoms with Crippen molar-refractivity contribution in [3.63, 3.8) is 0 Å². The Morgan fingerprint density at radius 2 is 2.21 bits per heavy atom. The zero-order chi connectivity index (χ0) is 13.7. The Morgan fingerprint density at radius 3 is 2.95 bits per heavy atom. The fourth-order valence-corrected chi connectivity index (χ4v) is 2.79. The molecule has 0 spiro atoms. The standard InChI is InChI=1S/C13H15BrN4S/c1-3-6-16-13-17-9(2)8-11(18-13)19-12-10(14)5-4-7-15-12/h4-5,7-8H,3,6H2,1-2H3,(H,16,17,18). The molecule has 0 aliphatic carbocycles. The normalized spacial score (nSPS) is 10.5. The van der Waals surface area contributed by atoms with Crippen LogP contribution in [0.4, 0.5) is 5.95 Å². The van der Waals surface area contributed by atoms with E-state index in [2.05, 4.69) is 43.1 Å². The van der Waals surface area contributed by atoms with Gasteiger partial charge < -0.3 is 5.32 Å². The van der Waals surface area contributed by atoms with Crippen LogP contribution in [0.15, 0.2) is 38.9 Å². The second kappa shape index (κ2) is 6.86. The van der Waals surface area contributed by atoms with Crippen molar-refractivity contribution in [3.05, 3.63) is 34.6 Å². The Bertz CT molecular complexity index is 562. The minimum absolute atomic E-state index is 0.677. The van der Waals surface area contributed by atoms with Gasteiger partial charge in [-0.3, -0.25) is 0 Å². The monoisotopic (exact) mass is 338 g/mol. The predicted octanol–water partition coefficient (Wildman–Crippen LogP) is 3.92. The quantitative estimate of drug-likeness (QED) is 0.837. The van der Waals surface area contributed by atoms with E-state index in [-0.39, 0.29) is 0 Å². The summed E-state index contributed by atoms with van der Waals surface area (Å²) in [5.74, 6) is 0.677. The van der Waals surface area contributed by atoms with E-state index in [1.54, 1.807) is 6.20 Å². The van der Waals surface area contributed by atoms with Gasteiger partial charge >= 0.3 is 0 Å². The smallest absolute Gasteiger partial charge is 0.223 e. The Morgan fingerprint density at radius 1 is 1.37 bits per heavy atom. The van der Waals surface area contributed by atoms with Gasteiger partial charge in [0.05, 0.1) is 4.47 Å². The summed E-state index contributed by atoms with van der Waals surface area (Å²) in [5.41, 5.74) is 0.947. The molecular formula is C13H15BrN4S. The molecule has 0 saturated carbocycles. The Kier molecular flexibility index (Phi) is 5.15. The van der Waals surface area contributed by atoms with Crippen molar-refractivity contribution in [2.24, 2.45) is 0 Å². The van der Waals surface area contributed by atoms with Gasteiger partial charge in [-0.15, -0.1) is 0 Å². The van der Waals surface area contributed by atoms with E-state index in [9.17, 15) is 0 Å². The number of aryl methyl sites for hydroxylation is 1. The number of halogens is 1. The Balaban J connectivity index is 2.20. The number of aromatic nitrogens is 3. The first kappa shape index (κ1) is 14.3. The van der Waals surface area contributed by atoms with Crippen molar-refractivity contribution < 1.29 is 0 Å². The number of nitrogens with zero attached hydrogens (tertiary/aromatic N) is 3. The molecule has 0 aliphatic rings. The molecule has 4 nitrogen and oxygen atoms in total. The van der Waals surface area contributed by atoms with Crippen LogP contribution in [0.1, 0.15) is 19.0 Å². The van der Waals surface area contributed by atoms with E-state index in [0.717, 1.165) is 33.2 Å². The summed E-state index contributed by atoms with van der Waals surface area (Å²) in [4.78, 5) is 13.2. The zero-order valence-corrected chi connectivity index (χ0v) is 13.3. The zero-order valence-electron chi connectivity index (χ0n) is 10.9. The molecule has 2 aromatic rings. The van der Waals surface area contributed by atoms with Gasteiger partial charge in [0.25, 0.3) is 0 Å². The third-order valence-electron chi connectivity index (χ3n) is 2.29. The number of hydrogen-bond acceptors (Lipinski definition) is 5. The van der Waals surface area contributed by atoms with Crippen LogP contribution in [0.2, 0.25) is 0 Å². The maximum Gasteiger partial charge on any atom is 0.223 e. The lowest BCUT2D eigenvalue weighted by molar-refractivity contribution is 0.923. The predicted molar refractivity (Wildman–Crippen MR) is 81.6 cm³/mol. The van der Waals surface area contributed by atoms with Crippen LogP contribution in [-0.2, 0) is 0 Å². The molecule has 0 radical (unpaired) electrons. The molecule has 0 bridgehead atoms. The highest BCUT2D eigenvalue weighted by Crippen LogP contribution is 2.30. The maximum atomic E-state index is 4.49. The fraction of sp³-hybridized carbons (Fsp3) is 0.308. The molecule has 0 aliphatic heterocycles. The van der Waals surface area contributed by atoms with Crippen LogP contribution in [0.5, 0.6) is 0 Å². The molecule has 0 saturated heterocycles. The minimum Gasteiger partial charge on any atom is -0.354 e. The highest BCUT2D eigenvalue weighted by molar-refractivity contribution is 9.10. The summed E-state index contributed by atoms with van der Waals surface area (Å²) in [6.07, 6.45) is 2.82. The van der Waals surface area contributed by atoms with Gasteiger partial charge in [0.1, 0.15) is 10.1 Å². The third-order valence-corrected chi connectivity index (χ3v) is 4.13. The number of anilines is 1. The van der Waals surface area contributed by atoms with Crippen LogP contribution in [0, 0.1) is 6.92 Å². The van der Waals surface area contributed by atoms with Gasteiger partial charge in [-0.1, -0.05) is 6.92 Å². The first-order valence-corrected chi connectivity index (χ1v) is 7.68. The summed E-state index contributed by atoms with van der Waals surface area (Å²) in [7, 11) is 0. The summed E-state index contributed by atoms with van der Waals surface area (Å²) in [6, 6.07) is 5.83. The molecule has 2 rings (SSSR count). The minimum atomic E-state index is 0.677. The fourth-order valence-electron chi connectivity index (χ4n) is 1.45. The van der Waals surface area contributed by atoms with Gasteiger partial charge in [0.15, 0.2) is 0 Å². The van der Waals surface area contributed by atoms with E-state index < -0.39 is 0 Å². The number of nitrogens with one attached hydrogen (secondary N) is 1. The second-order valence-electron chi connectivity index (χ2n) is 3.99. The largest absolute Gasteiger partial charge is 0.354 e. The van der Waals surface area contributed by atoms with E-state index >= 15 is 0 Å². The van der Waals surface area contributed by atoms with Crippen LogP contribution in [0.3, 0.4) is 0 Å². The van der Waals surface area contributed by atoms with Crippen LogP contribution >= 0.6 is 27.7 Å². The lowest BCUT2D eigenvalue weighted by Crippen LogP contribution is -2.05. The average molecular weight is 339 g/mol. The molecule has 100 valence electrons. The highest BCUT2D eigenvalue weighted by atomic mass is 79.9. The van der Waals surface area contributed by atoms with Gasteiger partial charge in [-0.25, -0.2) is 15.0 Å². The Labute approximate surface area is 125 Å². The van der Waals surface area contributed by atoms with E-state index in [0.29, 0.717) is 5.95 Å². The first-order valence-electron chi connectivity index (χ1n) is 6.07. The van der Waals surface area contributed by atoms with Crippen LogP contribution < -0.4 is 5.32 Å². The molecule has 2 aromatic heterocycles. The number of rotatable bonds is 5. The summed E-state index contributed by atoms with van der Waals surface area (Å²) in [5, 5.41) is 5.01. The maximum absolute atomic E-state index is 4.49. The average Bonchev–Trinajstić information content (AvgIpc) is 2.38. The molecule has 1 N–H and O–H groups in total. The summed E-state index contributed by atoms with van der Waals surface area (Å²) >= 11 is 5.02. The van der Waals surface area contributed by atoms with Crippen molar-refractivity contribution in [1.29, 1.82) is 0 Å². The molecule has 0 amide bonds. The number of pyridine rings is 1. The van der Waals surface area contributed by atoms with Gasteiger partial charge in [0, 0.05) is 18.4 Å². The van der Waals surface area contributed by atoms with Crippen molar-refractivity contribution in [1.82, 2.24) is 15.0 Å². The highest BCUT2D eigenvalue weighted by Gasteiger charge is 2.07. The van der Waals surface area contributed by atoms with Crippen LogP contribution in [-0.4, -0.2) is 21.5 Å². The topological polar surface area (TPSA) is 50.7 Å². The van der Waals surface area contributed by atoms with Crippen molar-refractivity contribution in [2.45, 2.75) is 30.3 Å².